The van der Waals surface area contributed by atoms with E-state index in [4.69, 9.17) is 23.2 Å². The molecule has 5 nitrogen and oxygen atoms in total. The molecule has 24 heavy (non-hydrogen) atoms. The Balaban J connectivity index is 1.81. The van der Waals surface area contributed by atoms with E-state index in [-0.39, 0.29) is 0 Å². The van der Waals surface area contributed by atoms with E-state index in [2.05, 4.69) is 25.8 Å². The molecule has 0 unspecified atom stereocenters. The number of rotatable bonds is 4. The van der Waals surface area contributed by atoms with Crippen LogP contribution < -0.4 is 10.6 Å². The zero-order valence-electron chi connectivity index (χ0n) is 13.1. The number of aryl methyl sites for hydroxylation is 2. The molecule has 0 saturated carbocycles. The predicted octanol–water partition coefficient (Wildman–Crippen LogP) is 5.28. The van der Waals surface area contributed by atoms with Gasteiger partial charge in [0, 0.05) is 21.4 Å². The fourth-order valence-electron chi connectivity index (χ4n) is 2.08. The van der Waals surface area contributed by atoms with Crippen molar-refractivity contribution >= 4 is 46.3 Å². The molecule has 0 bridgehead atoms. The van der Waals surface area contributed by atoms with Crippen molar-refractivity contribution in [1.29, 1.82) is 0 Å². The maximum atomic E-state index is 6.14. The highest BCUT2D eigenvalue weighted by Crippen LogP contribution is 2.24. The summed E-state index contributed by atoms with van der Waals surface area (Å²) in [6.07, 6.45) is 1.55. The first-order chi connectivity index (χ1) is 11.5. The molecule has 1 aromatic heterocycles. The molecule has 0 aliphatic rings. The molecule has 3 rings (SSSR count). The summed E-state index contributed by atoms with van der Waals surface area (Å²) in [7, 11) is 0. The SMILES string of the molecule is Cc1ccc(Nc2cnnc(Nc3cc(Cl)ccc3C)n2)cc1Cl. The van der Waals surface area contributed by atoms with Crippen LogP contribution in [0.15, 0.2) is 42.6 Å². The quantitative estimate of drug-likeness (QED) is 0.663. The van der Waals surface area contributed by atoms with Crippen molar-refractivity contribution in [2.24, 2.45) is 0 Å². The summed E-state index contributed by atoms with van der Waals surface area (Å²) < 4.78 is 0. The van der Waals surface area contributed by atoms with Gasteiger partial charge in [-0.1, -0.05) is 35.3 Å². The maximum absolute atomic E-state index is 6.14. The van der Waals surface area contributed by atoms with Crippen molar-refractivity contribution in [3.05, 3.63) is 63.8 Å². The number of nitrogens with one attached hydrogen (secondary N) is 2. The summed E-state index contributed by atoms with van der Waals surface area (Å²) in [6.45, 7) is 3.93. The lowest BCUT2D eigenvalue weighted by atomic mass is 10.2. The summed E-state index contributed by atoms with van der Waals surface area (Å²) in [5.74, 6) is 0.940. The number of hydrogen-bond acceptors (Lipinski definition) is 5. The van der Waals surface area contributed by atoms with Crippen molar-refractivity contribution in [3.63, 3.8) is 0 Å². The van der Waals surface area contributed by atoms with E-state index in [1.54, 1.807) is 6.20 Å². The molecule has 0 fully saturated rings. The molecule has 2 aromatic carbocycles. The minimum absolute atomic E-state index is 0.378. The lowest BCUT2D eigenvalue weighted by molar-refractivity contribution is 0.982. The standard InChI is InChI=1S/C17H15Cl2N5/c1-10-4-6-13(8-14(10)19)21-16-9-20-24-17(23-16)22-15-7-12(18)5-3-11(15)2/h3-9H,1-2H3,(H2,21,22,23,24). The number of hydrogen-bond donors (Lipinski definition) is 2. The van der Waals surface area contributed by atoms with Gasteiger partial charge in [0.2, 0.25) is 5.95 Å². The van der Waals surface area contributed by atoms with Crippen molar-refractivity contribution < 1.29 is 0 Å². The fraction of sp³-hybridized carbons (Fsp3) is 0.118. The van der Waals surface area contributed by atoms with Gasteiger partial charge in [-0.25, -0.2) is 0 Å². The van der Waals surface area contributed by atoms with Crippen molar-refractivity contribution in [3.8, 4) is 0 Å². The normalized spacial score (nSPS) is 10.5. The van der Waals surface area contributed by atoms with Crippen molar-refractivity contribution in [1.82, 2.24) is 15.2 Å². The Kier molecular flexibility index (Phi) is 4.83. The second-order valence-corrected chi connectivity index (χ2v) is 6.18. The van der Waals surface area contributed by atoms with Gasteiger partial charge >= 0.3 is 0 Å². The second kappa shape index (κ2) is 7.03. The van der Waals surface area contributed by atoms with E-state index in [9.17, 15) is 0 Å². The van der Waals surface area contributed by atoms with Gasteiger partial charge < -0.3 is 10.6 Å². The summed E-state index contributed by atoms with van der Waals surface area (Å²) in [5.41, 5.74) is 3.71. The third kappa shape index (κ3) is 3.93. The molecule has 122 valence electrons. The van der Waals surface area contributed by atoms with Crippen LogP contribution in [-0.4, -0.2) is 15.2 Å². The highest BCUT2D eigenvalue weighted by Gasteiger charge is 2.05. The minimum Gasteiger partial charge on any atom is -0.339 e. The van der Waals surface area contributed by atoms with Crippen LogP contribution in [0.25, 0.3) is 0 Å². The number of halogens is 2. The Hall–Kier alpha value is -2.37. The molecule has 2 N–H and O–H groups in total. The molecule has 1 heterocycles. The number of aromatic nitrogens is 3. The zero-order valence-corrected chi connectivity index (χ0v) is 14.7. The molecule has 7 heteroatoms. The molecular weight excluding hydrogens is 345 g/mol. The van der Waals surface area contributed by atoms with Crippen LogP contribution in [0.1, 0.15) is 11.1 Å². The highest BCUT2D eigenvalue weighted by atomic mass is 35.5. The lowest BCUT2D eigenvalue weighted by Gasteiger charge is -2.10. The molecule has 0 saturated heterocycles. The van der Waals surface area contributed by atoms with Gasteiger partial charge in [0.05, 0.1) is 6.20 Å². The van der Waals surface area contributed by atoms with E-state index >= 15 is 0 Å². The van der Waals surface area contributed by atoms with Crippen molar-refractivity contribution in [2.75, 3.05) is 10.6 Å². The largest absolute Gasteiger partial charge is 0.339 e. The van der Waals surface area contributed by atoms with Crippen LogP contribution in [-0.2, 0) is 0 Å². The van der Waals surface area contributed by atoms with E-state index in [1.165, 1.54) is 0 Å². The second-order valence-electron chi connectivity index (χ2n) is 5.34. The average molecular weight is 360 g/mol. The minimum atomic E-state index is 0.378. The van der Waals surface area contributed by atoms with E-state index in [0.29, 0.717) is 21.8 Å². The molecule has 0 aliphatic heterocycles. The molecule has 0 spiro atoms. The first kappa shape index (κ1) is 16.5. The van der Waals surface area contributed by atoms with Crippen LogP contribution in [0.4, 0.5) is 23.1 Å². The Labute approximate surface area is 150 Å². The average Bonchev–Trinajstić information content (AvgIpc) is 2.55. The Morgan fingerprint density at radius 3 is 2.50 bits per heavy atom. The smallest absolute Gasteiger partial charge is 0.249 e. The maximum Gasteiger partial charge on any atom is 0.249 e. The molecule has 0 aliphatic carbocycles. The van der Waals surface area contributed by atoms with Crippen LogP contribution >= 0.6 is 23.2 Å². The summed E-state index contributed by atoms with van der Waals surface area (Å²) in [5, 5.41) is 15.6. The van der Waals surface area contributed by atoms with Crippen LogP contribution in [0.3, 0.4) is 0 Å². The van der Waals surface area contributed by atoms with E-state index < -0.39 is 0 Å². The van der Waals surface area contributed by atoms with Crippen LogP contribution in [0.5, 0.6) is 0 Å². The number of anilines is 4. The Morgan fingerprint density at radius 1 is 0.917 bits per heavy atom. The van der Waals surface area contributed by atoms with Gasteiger partial charge in [-0.15, -0.1) is 5.10 Å². The third-order valence-electron chi connectivity index (χ3n) is 3.45. The molecule has 0 radical (unpaired) electrons. The molecule has 0 atom stereocenters. The van der Waals surface area contributed by atoms with Crippen LogP contribution in [0, 0.1) is 13.8 Å². The lowest BCUT2D eigenvalue weighted by Crippen LogP contribution is -2.03. The summed E-state index contributed by atoms with van der Waals surface area (Å²) >= 11 is 12.2. The van der Waals surface area contributed by atoms with E-state index in [0.717, 1.165) is 22.5 Å². The Bertz CT molecular complexity index is 883. The predicted molar refractivity (Wildman–Crippen MR) is 98.8 cm³/mol. The Morgan fingerprint density at radius 2 is 1.71 bits per heavy atom. The van der Waals surface area contributed by atoms with Gasteiger partial charge in [0.15, 0.2) is 5.82 Å². The van der Waals surface area contributed by atoms with E-state index in [1.807, 2.05) is 50.2 Å². The van der Waals surface area contributed by atoms with Crippen molar-refractivity contribution in [2.45, 2.75) is 13.8 Å². The first-order valence-electron chi connectivity index (χ1n) is 7.27. The summed E-state index contributed by atoms with van der Waals surface area (Å²) in [4.78, 5) is 4.40. The third-order valence-corrected chi connectivity index (χ3v) is 4.09. The van der Waals surface area contributed by atoms with Gasteiger partial charge in [-0.05, 0) is 49.2 Å². The van der Waals surface area contributed by atoms with Gasteiger partial charge in [0.1, 0.15) is 0 Å². The summed E-state index contributed by atoms with van der Waals surface area (Å²) in [6, 6.07) is 11.3. The van der Waals surface area contributed by atoms with Crippen LogP contribution in [0.2, 0.25) is 10.0 Å². The topological polar surface area (TPSA) is 62.7 Å². The van der Waals surface area contributed by atoms with Gasteiger partial charge in [0.25, 0.3) is 0 Å². The monoisotopic (exact) mass is 359 g/mol. The molecule has 3 aromatic rings. The zero-order chi connectivity index (χ0) is 17.1. The highest BCUT2D eigenvalue weighted by molar-refractivity contribution is 6.31. The first-order valence-corrected chi connectivity index (χ1v) is 8.03. The fourth-order valence-corrected chi connectivity index (χ4v) is 2.44. The number of benzene rings is 2. The van der Waals surface area contributed by atoms with Gasteiger partial charge in [-0.2, -0.15) is 10.1 Å². The van der Waals surface area contributed by atoms with Gasteiger partial charge in [-0.3, -0.25) is 0 Å². The number of nitrogens with zero attached hydrogens (tertiary/aromatic N) is 3. The molecular formula is C17H15Cl2N5. The molecule has 0 amide bonds.